The summed E-state index contributed by atoms with van der Waals surface area (Å²) in [4.78, 5) is 22.6. The average Bonchev–Trinajstić information content (AvgIpc) is 2.37. The lowest BCUT2D eigenvalue weighted by atomic mass is 10.1. The SMILES string of the molecule is CC(C)NC(=O)CCNS(=O)(=O)N1CCCCC1C(=O)O. The van der Waals surface area contributed by atoms with Gasteiger partial charge in [0.2, 0.25) is 5.91 Å². The fourth-order valence-corrected chi connectivity index (χ4v) is 3.64. The van der Waals surface area contributed by atoms with Crippen LogP contribution in [0.5, 0.6) is 0 Å². The Labute approximate surface area is 125 Å². The molecule has 0 aromatic heterocycles. The van der Waals surface area contributed by atoms with Gasteiger partial charge in [0.25, 0.3) is 10.2 Å². The van der Waals surface area contributed by atoms with Crippen LogP contribution >= 0.6 is 0 Å². The molecule has 1 unspecified atom stereocenters. The number of carbonyl (C=O) groups is 2. The van der Waals surface area contributed by atoms with Crippen LogP contribution in [0.3, 0.4) is 0 Å². The molecule has 1 fully saturated rings. The summed E-state index contributed by atoms with van der Waals surface area (Å²) in [5.41, 5.74) is 0. The van der Waals surface area contributed by atoms with Gasteiger partial charge in [-0.15, -0.1) is 0 Å². The Morgan fingerprint density at radius 1 is 1.33 bits per heavy atom. The summed E-state index contributed by atoms with van der Waals surface area (Å²) in [5, 5.41) is 11.7. The zero-order chi connectivity index (χ0) is 16.0. The van der Waals surface area contributed by atoms with Gasteiger partial charge in [-0.3, -0.25) is 9.59 Å². The minimum Gasteiger partial charge on any atom is -0.480 e. The molecule has 0 bridgehead atoms. The standard InChI is InChI=1S/C12H23N3O5S/c1-9(2)14-11(16)6-7-13-21(19,20)15-8-4-3-5-10(15)12(17)18/h9-10,13H,3-8H2,1-2H3,(H,14,16)(H,17,18). The van der Waals surface area contributed by atoms with Crippen molar-refractivity contribution < 1.29 is 23.1 Å². The summed E-state index contributed by atoms with van der Waals surface area (Å²) in [5.74, 6) is -1.39. The van der Waals surface area contributed by atoms with Crippen LogP contribution in [0.25, 0.3) is 0 Å². The number of hydrogen-bond donors (Lipinski definition) is 3. The van der Waals surface area contributed by atoms with E-state index in [4.69, 9.17) is 5.11 Å². The third-order valence-corrected chi connectivity index (χ3v) is 4.76. The highest BCUT2D eigenvalue weighted by molar-refractivity contribution is 7.87. The van der Waals surface area contributed by atoms with Gasteiger partial charge in [-0.1, -0.05) is 0 Å². The number of carboxylic acid groups (broad SMARTS) is 1. The zero-order valence-electron chi connectivity index (χ0n) is 12.3. The molecule has 1 rings (SSSR count). The number of carboxylic acids is 1. The summed E-state index contributed by atoms with van der Waals surface area (Å²) in [6.07, 6.45) is 1.66. The second-order valence-electron chi connectivity index (χ2n) is 5.33. The number of nitrogens with zero attached hydrogens (tertiary/aromatic N) is 1. The van der Waals surface area contributed by atoms with Gasteiger partial charge in [-0.2, -0.15) is 12.7 Å². The van der Waals surface area contributed by atoms with Crippen LogP contribution in [0, 0.1) is 0 Å². The summed E-state index contributed by atoms with van der Waals surface area (Å²) < 4.78 is 27.5. The predicted octanol–water partition coefficient (Wildman–Crippen LogP) is -0.325. The van der Waals surface area contributed by atoms with Crippen molar-refractivity contribution in [2.24, 2.45) is 0 Å². The molecule has 1 saturated heterocycles. The molecule has 0 saturated carbocycles. The largest absolute Gasteiger partial charge is 0.480 e. The molecule has 0 spiro atoms. The number of piperidine rings is 1. The summed E-state index contributed by atoms with van der Waals surface area (Å²) >= 11 is 0. The second-order valence-corrected chi connectivity index (χ2v) is 7.04. The Morgan fingerprint density at radius 3 is 2.57 bits per heavy atom. The van der Waals surface area contributed by atoms with E-state index in [0.717, 1.165) is 4.31 Å². The molecule has 1 aliphatic heterocycles. The van der Waals surface area contributed by atoms with Crippen LogP contribution in [-0.4, -0.2) is 54.9 Å². The van der Waals surface area contributed by atoms with Gasteiger partial charge >= 0.3 is 5.97 Å². The van der Waals surface area contributed by atoms with E-state index in [0.29, 0.717) is 19.3 Å². The number of carbonyl (C=O) groups excluding carboxylic acids is 1. The fourth-order valence-electron chi connectivity index (χ4n) is 2.21. The van der Waals surface area contributed by atoms with Crippen molar-refractivity contribution >= 4 is 22.1 Å². The zero-order valence-corrected chi connectivity index (χ0v) is 13.1. The first-order valence-corrected chi connectivity index (χ1v) is 8.46. The van der Waals surface area contributed by atoms with Gasteiger partial charge in [-0.25, -0.2) is 4.72 Å². The Bertz CT molecular complexity index is 477. The number of rotatable bonds is 7. The van der Waals surface area contributed by atoms with Crippen LogP contribution in [-0.2, 0) is 19.8 Å². The first-order chi connectivity index (χ1) is 9.74. The van der Waals surface area contributed by atoms with Gasteiger partial charge in [0.15, 0.2) is 0 Å². The van der Waals surface area contributed by atoms with Crippen LogP contribution in [0.1, 0.15) is 39.5 Å². The van der Waals surface area contributed by atoms with Gasteiger partial charge in [0, 0.05) is 25.6 Å². The maximum absolute atomic E-state index is 12.1. The number of nitrogens with one attached hydrogen (secondary N) is 2. The van der Waals surface area contributed by atoms with Gasteiger partial charge in [0.05, 0.1) is 0 Å². The van der Waals surface area contributed by atoms with Crippen LogP contribution < -0.4 is 10.0 Å². The lowest BCUT2D eigenvalue weighted by Gasteiger charge is -2.31. The smallest absolute Gasteiger partial charge is 0.322 e. The van der Waals surface area contributed by atoms with Crippen LogP contribution in [0.4, 0.5) is 0 Å². The van der Waals surface area contributed by atoms with Crippen molar-refractivity contribution in [3.05, 3.63) is 0 Å². The molecule has 21 heavy (non-hydrogen) atoms. The van der Waals surface area contributed by atoms with Crippen molar-refractivity contribution in [1.29, 1.82) is 0 Å². The average molecular weight is 321 g/mol. The van der Waals surface area contributed by atoms with E-state index >= 15 is 0 Å². The lowest BCUT2D eigenvalue weighted by Crippen LogP contribution is -2.52. The maximum Gasteiger partial charge on any atom is 0.322 e. The molecule has 0 radical (unpaired) electrons. The van der Waals surface area contributed by atoms with Gasteiger partial charge in [0.1, 0.15) is 6.04 Å². The predicted molar refractivity (Wildman–Crippen MR) is 76.8 cm³/mol. The normalized spacial score (nSPS) is 20.4. The summed E-state index contributed by atoms with van der Waals surface area (Å²) in [6, 6.07) is -1.03. The molecule has 0 aromatic carbocycles. The third-order valence-electron chi connectivity index (χ3n) is 3.13. The fraction of sp³-hybridized carbons (Fsp3) is 0.833. The van der Waals surface area contributed by atoms with Crippen molar-refractivity contribution in [2.45, 2.75) is 51.6 Å². The molecule has 0 aliphatic carbocycles. The molecule has 0 aromatic rings. The Balaban J connectivity index is 2.55. The van der Waals surface area contributed by atoms with Crippen LogP contribution in [0.2, 0.25) is 0 Å². The molecular weight excluding hydrogens is 298 g/mol. The minimum atomic E-state index is -3.88. The quantitative estimate of drug-likeness (QED) is 0.594. The first kappa shape index (κ1) is 17.9. The molecule has 1 atom stereocenters. The molecular formula is C12H23N3O5S. The number of hydrogen-bond acceptors (Lipinski definition) is 4. The topological polar surface area (TPSA) is 116 Å². The summed E-state index contributed by atoms with van der Waals surface area (Å²) in [6.45, 7) is 3.76. The number of amides is 1. The molecule has 1 amide bonds. The van der Waals surface area contributed by atoms with Crippen molar-refractivity contribution in [3.8, 4) is 0 Å². The van der Waals surface area contributed by atoms with Crippen molar-refractivity contribution in [3.63, 3.8) is 0 Å². The summed E-state index contributed by atoms with van der Waals surface area (Å²) in [7, 11) is -3.88. The molecule has 1 aliphatic rings. The first-order valence-electron chi connectivity index (χ1n) is 7.02. The molecule has 8 nitrogen and oxygen atoms in total. The van der Waals surface area contributed by atoms with E-state index < -0.39 is 22.2 Å². The number of aliphatic carboxylic acids is 1. The van der Waals surface area contributed by atoms with E-state index in [-0.39, 0.29) is 31.5 Å². The second kappa shape index (κ2) is 7.71. The maximum atomic E-state index is 12.1. The van der Waals surface area contributed by atoms with E-state index in [2.05, 4.69) is 10.0 Å². The Hall–Kier alpha value is -1.19. The van der Waals surface area contributed by atoms with Crippen LogP contribution in [0.15, 0.2) is 0 Å². The minimum absolute atomic E-state index is 0.00686. The van der Waals surface area contributed by atoms with Gasteiger partial charge in [-0.05, 0) is 33.1 Å². The molecule has 3 N–H and O–H groups in total. The highest BCUT2D eigenvalue weighted by atomic mass is 32.2. The van der Waals surface area contributed by atoms with Crippen molar-refractivity contribution in [1.82, 2.24) is 14.3 Å². The Morgan fingerprint density at radius 2 is 2.00 bits per heavy atom. The molecule has 1 heterocycles. The highest BCUT2D eigenvalue weighted by Crippen LogP contribution is 2.19. The van der Waals surface area contributed by atoms with E-state index in [1.807, 2.05) is 13.8 Å². The van der Waals surface area contributed by atoms with E-state index in [1.165, 1.54) is 0 Å². The van der Waals surface area contributed by atoms with Crippen molar-refractivity contribution in [2.75, 3.05) is 13.1 Å². The third kappa shape index (κ3) is 5.60. The van der Waals surface area contributed by atoms with Gasteiger partial charge < -0.3 is 10.4 Å². The van der Waals surface area contributed by atoms with E-state index in [9.17, 15) is 18.0 Å². The lowest BCUT2D eigenvalue weighted by molar-refractivity contribution is -0.142. The van der Waals surface area contributed by atoms with E-state index in [1.54, 1.807) is 0 Å². The highest BCUT2D eigenvalue weighted by Gasteiger charge is 2.36. The monoisotopic (exact) mass is 321 g/mol. The molecule has 9 heteroatoms. The Kier molecular flexibility index (Phi) is 6.56. The molecule has 122 valence electrons.